The fourth-order valence-electron chi connectivity index (χ4n) is 6.29. The fraction of sp³-hybridized carbons (Fsp3) is 0. The lowest BCUT2D eigenvalue weighted by Gasteiger charge is -2.20. The fourth-order valence-corrected chi connectivity index (χ4v) is 7.14. The summed E-state index contributed by atoms with van der Waals surface area (Å²) in [5.74, 6) is 0.439. The summed E-state index contributed by atoms with van der Waals surface area (Å²) in [4.78, 5) is 11.4. The molecular weight excluding hydrogens is 647 g/mol. The molecule has 0 saturated heterocycles. The van der Waals surface area contributed by atoms with Crippen molar-refractivity contribution in [1.82, 2.24) is 0 Å². The number of benzene rings is 6. The Morgan fingerprint density at radius 3 is 1.25 bits per heavy atom. The summed E-state index contributed by atoms with van der Waals surface area (Å²) < 4.78 is 26.0. The third-order valence-corrected chi connectivity index (χ3v) is 9.62. The highest BCUT2D eigenvalue weighted by molar-refractivity contribution is 7.48. The van der Waals surface area contributed by atoms with E-state index >= 15 is 0 Å². The number of rotatable bonds is 10. The molecule has 0 heterocycles. The van der Waals surface area contributed by atoms with Gasteiger partial charge in [0.15, 0.2) is 0 Å². The van der Waals surface area contributed by atoms with E-state index < -0.39 is 7.82 Å². The van der Waals surface area contributed by atoms with E-state index in [1.807, 2.05) is 134 Å². The van der Waals surface area contributed by atoms with Crippen LogP contribution < -0.4 is 9.05 Å². The predicted octanol–water partition coefficient (Wildman–Crippen LogP) is 12.1. The van der Waals surface area contributed by atoms with Crippen LogP contribution in [0.15, 0.2) is 194 Å². The molecule has 0 spiro atoms. The molecule has 8 rings (SSSR count). The topological polar surface area (TPSA) is 55.8 Å². The molecule has 0 aromatic heterocycles. The molecule has 1 N–H and O–H groups in total. The Kier molecular flexibility index (Phi) is 8.66. The van der Waals surface area contributed by atoms with Gasteiger partial charge in [-0.3, -0.25) is 4.89 Å². The minimum absolute atomic E-state index is 0.219. The highest BCUT2D eigenvalue weighted by atomic mass is 31.2. The van der Waals surface area contributed by atoms with Crippen LogP contribution in [0.5, 0.6) is 11.5 Å². The molecule has 0 saturated carbocycles. The standard InChI is InChI=1S/C46H31O4P/c47-51(48,49-45-27-25-39(35-17-7-8-18-35)31-43(45)41-23-11-21-37(29-41)33-13-3-1-4-14-33)50-46-28-26-40(36-19-9-10-20-36)32-44(46)42-24-12-22-38(30-42)34-15-5-2-6-16-34/h1-17,19,21-32H,(H,47,48). The first kappa shape index (κ1) is 31.9. The normalized spacial score (nSPS) is 13.0. The van der Waals surface area contributed by atoms with Gasteiger partial charge in [-0.1, -0.05) is 121 Å². The lowest BCUT2D eigenvalue weighted by molar-refractivity contribution is 0.291. The molecule has 4 nitrogen and oxygen atoms in total. The van der Waals surface area contributed by atoms with Crippen molar-refractivity contribution in [2.45, 2.75) is 0 Å². The lowest BCUT2D eigenvalue weighted by Crippen LogP contribution is -2.03. The maximum absolute atomic E-state index is 14.0. The smallest absolute Gasteiger partial charge is 0.395 e. The minimum Gasteiger partial charge on any atom is -0.395 e. The summed E-state index contributed by atoms with van der Waals surface area (Å²) in [6.07, 6.45) is 11.5. The van der Waals surface area contributed by atoms with E-state index in [0.717, 1.165) is 55.7 Å². The van der Waals surface area contributed by atoms with Crippen molar-refractivity contribution < 1.29 is 18.5 Å². The van der Waals surface area contributed by atoms with Crippen molar-refractivity contribution in [1.29, 1.82) is 0 Å². The molecule has 0 atom stereocenters. The molecule has 244 valence electrons. The van der Waals surface area contributed by atoms with Crippen molar-refractivity contribution in [3.63, 3.8) is 0 Å². The van der Waals surface area contributed by atoms with Gasteiger partial charge in [-0.15, -0.1) is 11.5 Å². The molecular formula is C46H31O4P. The van der Waals surface area contributed by atoms with Crippen LogP contribution in [0.25, 0.3) is 55.7 Å². The number of phosphoric ester groups is 1. The third kappa shape index (κ3) is 7.04. The third-order valence-electron chi connectivity index (χ3n) is 8.77. The van der Waals surface area contributed by atoms with Crippen LogP contribution in [-0.2, 0) is 4.57 Å². The maximum Gasteiger partial charge on any atom is 0.584 e. The second kappa shape index (κ2) is 13.9. The van der Waals surface area contributed by atoms with E-state index in [9.17, 15) is 9.46 Å². The Labute approximate surface area is 297 Å². The van der Waals surface area contributed by atoms with E-state index in [4.69, 9.17) is 9.05 Å². The van der Waals surface area contributed by atoms with Crippen LogP contribution in [0.4, 0.5) is 0 Å². The zero-order valence-corrected chi connectivity index (χ0v) is 28.3. The molecule has 2 aliphatic rings. The molecule has 6 aromatic carbocycles. The van der Waals surface area contributed by atoms with Crippen molar-refractivity contribution >= 4 is 19.0 Å². The van der Waals surface area contributed by atoms with Crippen molar-refractivity contribution in [3.05, 3.63) is 205 Å². The SMILES string of the molecule is O=P(O)(Oc1ccc(C2=C=CC=C2)cc1-c1cccc(-c2ccccc2)c1)Oc1ccc(C2=C=CC=C2)cc1-c1cccc(-c2ccccc2)c1. The van der Waals surface area contributed by atoms with E-state index in [0.29, 0.717) is 11.1 Å². The van der Waals surface area contributed by atoms with Crippen LogP contribution in [0.3, 0.4) is 0 Å². The molecule has 0 fully saturated rings. The van der Waals surface area contributed by atoms with E-state index in [-0.39, 0.29) is 11.5 Å². The summed E-state index contributed by atoms with van der Waals surface area (Å²) in [6, 6.07) is 47.3. The Bertz CT molecular complexity index is 2360. The van der Waals surface area contributed by atoms with Crippen LogP contribution in [0, 0.1) is 0 Å². The van der Waals surface area contributed by atoms with Gasteiger partial charge in [0.1, 0.15) is 11.5 Å². The average molecular weight is 679 g/mol. The zero-order chi connectivity index (χ0) is 34.6. The second-order valence-corrected chi connectivity index (χ2v) is 13.4. The average Bonchev–Trinajstić information content (AvgIpc) is 3.92. The van der Waals surface area contributed by atoms with Crippen LogP contribution >= 0.6 is 7.82 Å². The summed E-state index contributed by atoms with van der Waals surface area (Å²) in [7, 11) is -4.74. The van der Waals surface area contributed by atoms with Gasteiger partial charge in [0.25, 0.3) is 0 Å². The Morgan fingerprint density at radius 2 is 0.843 bits per heavy atom. The lowest BCUT2D eigenvalue weighted by atomic mass is 9.96. The van der Waals surface area contributed by atoms with Gasteiger partial charge in [-0.25, -0.2) is 4.57 Å². The van der Waals surface area contributed by atoms with E-state index in [1.165, 1.54) is 0 Å². The predicted molar refractivity (Wildman–Crippen MR) is 207 cm³/mol. The first-order chi connectivity index (χ1) is 25.0. The zero-order valence-electron chi connectivity index (χ0n) is 27.4. The number of hydrogen-bond donors (Lipinski definition) is 1. The van der Waals surface area contributed by atoms with E-state index in [2.05, 4.69) is 47.9 Å². The van der Waals surface area contributed by atoms with Crippen LogP contribution in [0.1, 0.15) is 11.1 Å². The van der Waals surface area contributed by atoms with Crippen molar-refractivity contribution in [3.8, 4) is 56.0 Å². The van der Waals surface area contributed by atoms with Crippen LogP contribution in [0.2, 0.25) is 0 Å². The minimum atomic E-state index is -4.74. The molecule has 0 radical (unpaired) electrons. The highest BCUT2D eigenvalue weighted by Crippen LogP contribution is 2.50. The van der Waals surface area contributed by atoms with Gasteiger partial charge in [0.2, 0.25) is 0 Å². The van der Waals surface area contributed by atoms with Gasteiger partial charge in [-0.2, -0.15) is 0 Å². The number of allylic oxidation sites excluding steroid dienone is 6. The Morgan fingerprint density at radius 1 is 0.431 bits per heavy atom. The highest BCUT2D eigenvalue weighted by Gasteiger charge is 2.29. The molecule has 0 amide bonds. The van der Waals surface area contributed by atoms with Crippen LogP contribution in [-0.4, -0.2) is 4.89 Å². The Balaban J connectivity index is 1.18. The van der Waals surface area contributed by atoms with Gasteiger partial charge in [0.05, 0.1) is 0 Å². The number of phosphoric acid groups is 1. The molecule has 0 bridgehead atoms. The van der Waals surface area contributed by atoms with Gasteiger partial charge in [-0.05, 0) is 105 Å². The second-order valence-electron chi connectivity index (χ2n) is 12.1. The van der Waals surface area contributed by atoms with Gasteiger partial charge < -0.3 is 9.05 Å². The summed E-state index contributed by atoms with van der Waals surface area (Å²) >= 11 is 0. The first-order valence-electron chi connectivity index (χ1n) is 16.6. The molecule has 2 aliphatic carbocycles. The summed E-state index contributed by atoms with van der Waals surface area (Å²) in [5.41, 5.74) is 17.2. The van der Waals surface area contributed by atoms with Crippen molar-refractivity contribution in [2.75, 3.05) is 0 Å². The van der Waals surface area contributed by atoms with E-state index in [1.54, 1.807) is 12.1 Å². The molecule has 5 heteroatoms. The monoisotopic (exact) mass is 678 g/mol. The quantitative estimate of drug-likeness (QED) is 0.116. The van der Waals surface area contributed by atoms with Crippen molar-refractivity contribution in [2.24, 2.45) is 0 Å². The molecule has 6 aromatic rings. The maximum atomic E-state index is 14.0. The largest absolute Gasteiger partial charge is 0.584 e. The van der Waals surface area contributed by atoms with Gasteiger partial charge >= 0.3 is 7.82 Å². The molecule has 0 aliphatic heterocycles. The summed E-state index contributed by atoms with van der Waals surface area (Å²) in [6.45, 7) is 0. The first-order valence-corrected chi connectivity index (χ1v) is 18.1. The number of hydrogen-bond acceptors (Lipinski definition) is 3. The Hall–Kier alpha value is -6.37. The van der Waals surface area contributed by atoms with Gasteiger partial charge in [0, 0.05) is 22.3 Å². The molecule has 0 unspecified atom stereocenters. The summed E-state index contributed by atoms with van der Waals surface area (Å²) in [5, 5.41) is 0. The molecule has 51 heavy (non-hydrogen) atoms.